The van der Waals surface area contributed by atoms with Crippen molar-refractivity contribution in [1.82, 2.24) is 0 Å². The summed E-state index contributed by atoms with van der Waals surface area (Å²) >= 11 is 0. The van der Waals surface area contributed by atoms with Gasteiger partial charge < -0.3 is 20.7 Å². The lowest BCUT2D eigenvalue weighted by Crippen LogP contribution is -2.47. The van der Waals surface area contributed by atoms with Gasteiger partial charge in [-0.15, -0.1) is 0 Å². The van der Waals surface area contributed by atoms with Crippen molar-refractivity contribution >= 4 is 11.9 Å². The lowest BCUT2D eigenvalue weighted by molar-refractivity contribution is -0.156. The summed E-state index contributed by atoms with van der Waals surface area (Å²) in [6.45, 7) is 0. The van der Waals surface area contributed by atoms with Crippen molar-refractivity contribution in [2.45, 2.75) is 37.8 Å². The highest BCUT2D eigenvalue weighted by molar-refractivity contribution is 5.93. The molecule has 0 spiro atoms. The Hall–Kier alpha value is -1.14. The average molecular weight is 245 g/mol. The van der Waals surface area contributed by atoms with Crippen LogP contribution in [0.5, 0.6) is 0 Å². The first-order valence-corrected chi connectivity index (χ1v) is 5.71. The topological polar surface area (TPSA) is 110 Å². The fraction of sp³-hybridized carbons (Fsp3) is 0.818. The Kier molecular flexibility index (Phi) is 4.89. The summed E-state index contributed by atoms with van der Waals surface area (Å²) < 4.78 is 5.20. The molecule has 0 aromatic rings. The Morgan fingerprint density at radius 3 is 2.00 bits per heavy atom. The summed E-state index contributed by atoms with van der Waals surface area (Å²) in [5, 5.41) is 17.7. The Morgan fingerprint density at radius 1 is 1.18 bits per heavy atom. The molecule has 1 rings (SSSR count). The zero-order chi connectivity index (χ0) is 13.0. The molecule has 0 amide bonds. The molecular formula is C11H19NO5. The number of aliphatic carboxylic acids is 2. The first-order chi connectivity index (χ1) is 7.97. The van der Waals surface area contributed by atoms with Crippen LogP contribution in [0.2, 0.25) is 0 Å². The van der Waals surface area contributed by atoms with Crippen LogP contribution in [0.3, 0.4) is 0 Å². The molecule has 0 aliphatic heterocycles. The predicted octanol–water partition coefficient (Wildman–Crippen LogP) is 0.304. The van der Waals surface area contributed by atoms with Gasteiger partial charge in [-0.25, -0.2) is 0 Å². The molecule has 0 saturated heterocycles. The number of carbonyl (C=O) groups is 2. The Labute approximate surface area is 99.7 Å². The smallest absolute Gasteiger partial charge is 0.319 e. The van der Waals surface area contributed by atoms with Crippen molar-refractivity contribution in [1.29, 1.82) is 0 Å². The lowest BCUT2D eigenvalue weighted by atomic mass is 9.78. The molecule has 6 heteroatoms. The minimum Gasteiger partial charge on any atom is -0.481 e. The number of methoxy groups -OCH3 is 1. The Bertz CT molecular complexity index is 272. The van der Waals surface area contributed by atoms with Gasteiger partial charge in [-0.3, -0.25) is 9.59 Å². The second kappa shape index (κ2) is 5.97. The third kappa shape index (κ3) is 3.41. The second-order valence-corrected chi connectivity index (χ2v) is 4.50. The van der Waals surface area contributed by atoms with Crippen molar-refractivity contribution < 1.29 is 24.5 Å². The normalized spacial score (nSPS) is 26.8. The molecule has 1 aliphatic rings. The number of rotatable bonds is 5. The van der Waals surface area contributed by atoms with Gasteiger partial charge >= 0.3 is 11.9 Å². The molecule has 1 aliphatic carbocycles. The van der Waals surface area contributed by atoms with Crippen molar-refractivity contribution in [3.63, 3.8) is 0 Å². The van der Waals surface area contributed by atoms with Crippen molar-refractivity contribution in [2.75, 3.05) is 7.11 Å². The SMILES string of the molecule is COC1CCC(C(N)C(C(=O)O)C(=O)O)CC1. The summed E-state index contributed by atoms with van der Waals surface area (Å²) in [5.41, 5.74) is 5.78. The molecular weight excluding hydrogens is 226 g/mol. The van der Waals surface area contributed by atoms with Crippen LogP contribution in [0.25, 0.3) is 0 Å². The molecule has 0 bridgehead atoms. The van der Waals surface area contributed by atoms with Crippen LogP contribution in [-0.2, 0) is 14.3 Å². The third-order valence-corrected chi connectivity index (χ3v) is 3.51. The van der Waals surface area contributed by atoms with Gasteiger partial charge in [-0.05, 0) is 31.6 Å². The van der Waals surface area contributed by atoms with E-state index in [0.717, 1.165) is 25.7 Å². The lowest BCUT2D eigenvalue weighted by Gasteiger charge is -2.32. The van der Waals surface area contributed by atoms with E-state index in [1.54, 1.807) is 7.11 Å². The van der Waals surface area contributed by atoms with Crippen LogP contribution in [0.1, 0.15) is 25.7 Å². The van der Waals surface area contributed by atoms with E-state index >= 15 is 0 Å². The molecule has 0 heterocycles. The van der Waals surface area contributed by atoms with E-state index in [0.29, 0.717) is 0 Å². The average Bonchev–Trinajstić information content (AvgIpc) is 2.28. The van der Waals surface area contributed by atoms with E-state index in [1.807, 2.05) is 0 Å². The van der Waals surface area contributed by atoms with Gasteiger partial charge in [0.05, 0.1) is 6.10 Å². The van der Waals surface area contributed by atoms with Crippen LogP contribution < -0.4 is 5.73 Å². The summed E-state index contributed by atoms with van der Waals surface area (Å²) in [5.74, 6) is -4.30. The third-order valence-electron chi connectivity index (χ3n) is 3.51. The van der Waals surface area contributed by atoms with E-state index in [4.69, 9.17) is 20.7 Å². The van der Waals surface area contributed by atoms with Crippen LogP contribution in [0.15, 0.2) is 0 Å². The van der Waals surface area contributed by atoms with E-state index < -0.39 is 23.9 Å². The van der Waals surface area contributed by atoms with E-state index in [-0.39, 0.29) is 12.0 Å². The van der Waals surface area contributed by atoms with Crippen LogP contribution in [0, 0.1) is 11.8 Å². The van der Waals surface area contributed by atoms with Crippen molar-refractivity contribution in [2.24, 2.45) is 17.6 Å². The number of hydrogen-bond acceptors (Lipinski definition) is 4. The summed E-state index contributed by atoms with van der Waals surface area (Å²) in [6, 6.07) is -0.831. The molecule has 98 valence electrons. The van der Waals surface area contributed by atoms with Crippen LogP contribution in [-0.4, -0.2) is 41.4 Å². The largest absolute Gasteiger partial charge is 0.481 e. The highest BCUT2D eigenvalue weighted by Crippen LogP contribution is 2.30. The number of carboxylic acids is 2. The predicted molar refractivity (Wildman–Crippen MR) is 59.5 cm³/mol. The fourth-order valence-corrected chi connectivity index (χ4v) is 2.42. The number of carboxylic acid groups (broad SMARTS) is 2. The van der Waals surface area contributed by atoms with E-state index in [1.165, 1.54) is 0 Å². The Balaban J connectivity index is 2.60. The second-order valence-electron chi connectivity index (χ2n) is 4.50. The quantitative estimate of drug-likeness (QED) is 0.601. The molecule has 6 nitrogen and oxygen atoms in total. The van der Waals surface area contributed by atoms with Gasteiger partial charge in [-0.2, -0.15) is 0 Å². The van der Waals surface area contributed by atoms with Gasteiger partial charge in [0.2, 0.25) is 0 Å². The molecule has 0 radical (unpaired) electrons. The van der Waals surface area contributed by atoms with Gasteiger partial charge in [0, 0.05) is 13.2 Å². The molecule has 1 saturated carbocycles. The maximum absolute atomic E-state index is 10.9. The van der Waals surface area contributed by atoms with Crippen molar-refractivity contribution in [3.05, 3.63) is 0 Å². The summed E-state index contributed by atoms with van der Waals surface area (Å²) in [7, 11) is 1.64. The molecule has 17 heavy (non-hydrogen) atoms. The molecule has 4 N–H and O–H groups in total. The van der Waals surface area contributed by atoms with Gasteiger partial charge in [-0.1, -0.05) is 0 Å². The molecule has 0 aromatic heterocycles. The Morgan fingerprint density at radius 2 is 1.65 bits per heavy atom. The zero-order valence-corrected chi connectivity index (χ0v) is 9.83. The minimum absolute atomic E-state index is 0.0569. The molecule has 1 atom stereocenters. The molecule has 1 unspecified atom stereocenters. The first-order valence-electron chi connectivity index (χ1n) is 5.71. The number of ether oxygens (including phenoxy) is 1. The van der Waals surface area contributed by atoms with Crippen molar-refractivity contribution in [3.8, 4) is 0 Å². The zero-order valence-electron chi connectivity index (χ0n) is 9.83. The minimum atomic E-state index is -1.51. The van der Waals surface area contributed by atoms with E-state index in [2.05, 4.69) is 0 Å². The fourth-order valence-electron chi connectivity index (χ4n) is 2.42. The standard InChI is InChI=1S/C11H19NO5/c1-17-7-4-2-6(3-5-7)9(12)8(10(13)14)11(15)16/h6-9H,2-5,12H2,1H3,(H,13,14)(H,15,16). The molecule has 0 aromatic carbocycles. The maximum Gasteiger partial charge on any atom is 0.319 e. The van der Waals surface area contributed by atoms with Crippen LogP contribution in [0.4, 0.5) is 0 Å². The molecule has 1 fully saturated rings. The van der Waals surface area contributed by atoms with Gasteiger partial charge in [0.15, 0.2) is 5.92 Å². The van der Waals surface area contributed by atoms with Crippen LogP contribution >= 0.6 is 0 Å². The van der Waals surface area contributed by atoms with Gasteiger partial charge in [0.25, 0.3) is 0 Å². The highest BCUT2D eigenvalue weighted by Gasteiger charge is 2.38. The summed E-state index contributed by atoms with van der Waals surface area (Å²) in [6.07, 6.45) is 3.24. The van der Waals surface area contributed by atoms with E-state index in [9.17, 15) is 9.59 Å². The first kappa shape index (κ1) is 13.9. The number of nitrogens with two attached hydrogens (primary N) is 1. The monoisotopic (exact) mass is 245 g/mol. The number of hydrogen-bond donors (Lipinski definition) is 3. The summed E-state index contributed by atoms with van der Waals surface area (Å²) in [4.78, 5) is 21.7. The highest BCUT2D eigenvalue weighted by atomic mass is 16.5. The van der Waals surface area contributed by atoms with Gasteiger partial charge in [0.1, 0.15) is 0 Å². The maximum atomic E-state index is 10.9.